The van der Waals surface area contributed by atoms with Gasteiger partial charge in [0.05, 0.1) is 6.61 Å². The molecule has 0 bridgehead atoms. The van der Waals surface area contributed by atoms with Crippen LogP contribution in [0.4, 0.5) is 0 Å². The van der Waals surface area contributed by atoms with E-state index in [0.717, 1.165) is 38.3 Å². The van der Waals surface area contributed by atoms with Crippen molar-refractivity contribution in [3.63, 3.8) is 0 Å². The summed E-state index contributed by atoms with van der Waals surface area (Å²) in [6.45, 7) is 9.71. The van der Waals surface area contributed by atoms with E-state index in [0.29, 0.717) is 0 Å². The van der Waals surface area contributed by atoms with Crippen molar-refractivity contribution in [3.8, 4) is 5.75 Å². The zero-order chi connectivity index (χ0) is 12.3. The quantitative estimate of drug-likeness (QED) is 0.790. The van der Waals surface area contributed by atoms with Crippen molar-refractivity contribution in [3.05, 3.63) is 29.3 Å². The Morgan fingerprint density at radius 1 is 1.35 bits per heavy atom. The Kier molecular flexibility index (Phi) is 3.72. The minimum absolute atomic E-state index is 0.178. The second-order valence-corrected chi connectivity index (χ2v) is 5.38. The summed E-state index contributed by atoms with van der Waals surface area (Å²) in [5.74, 6) is 1.15. The summed E-state index contributed by atoms with van der Waals surface area (Å²) >= 11 is 0. The van der Waals surface area contributed by atoms with Crippen LogP contribution in [-0.4, -0.2) is 19.7 Å². The lowest BCUT2D eigenvalue weighted by atomic mass is 9.80. The summed E-state index contributed by atoms with van der Waals surface area (Å²) in [5, 5.41) is 3.40. The molecule has 0 atom stereocenters. The first-order valence-corrected chi connectivity index (χ1v) is 6.61. The fraction of sp³-hybridized carbons (Fsp3) is 0.600. The number of ether oxygens (including phenoxy) is 1. The number of hydrogen-bond acceptors (Lipinski definition) is 2. The molecule has 1 N–H and O–H groups in total. The molecule has 0 radical (unpaired) electrons. The van der Waals surface area contributed by atoms with Crippen LogP contribution in [0.15, 0.2) is 18.2 Å². The summed E-state index contributed by atoms with van der Waals surface area (Å²) in [6, 6.07) is 6.57. The summed E-state index contributed by atoms with van der Waals surface area (Å²) in [6.07, 6.45) is 2.20. The maximum Gasteiger partial charge on any atom is 0.126 e. The van der Waals surface area contributed by atoms with Gasteiger partial charge in [-0.15, -0.1) is 0 Å². The Balaban J connectivity index is 2.18. The van der Waals surface area contributed by atoms with E-state index in [1.54, 1.807) is 0 Å². The first kappa shape index (κ1) is 12.4. The molecule has 0 amide bonds. The monoisotopic (exact) mass is 233 g/mol. The minimum atomic E-state index is 0.178. The van der Waals surface area contributed by atoms with Crippen LogP contribution in [0.25, 0.3) is 0 Å². The molecule has 0 fully saturated rings. The number of nitrogens with one attached hydrogen (secondary N) is 1. The third-order valence-corrected chi connectivity index (χ3v) is 3.62. The van der Waals surface area contributed by atoms with Crippen LogP contribution in [0, 0.1) is 0 Å². The van der Waals surface area contributed by atoms with Gasteiger partial charge in [-0.25, -0.2) is 0 Å². The van der Waals surface area contributed by atoms with Crippen LogP contribution in [0.5, 0.6) is 5.75 Å². The average molecular weight is 233 g/mol. The Hall–Kier alpha value is -1.02. The van der Waals surface area contributed by atoms with Crippen molar-refractivity contribution in [2.75, 3.05) is 19.7 Å². The maximum atomic E-state index is 5.80. The zero-order valence-corrected chi connectivity index (χ0v) is 11.2. The molecule has 0 spiro atoms. The minimum Gasteiger partial charge on any atom is -0.493 e. The van der Waals surface area contributed by atoms with Crippen LogP contribution >= 0.6 is 0 Å². The van der Waals surface area contributed by atoms with Gasteiger partial charge in [0.1, 0.15) is 5.75 Å². The van der Waals surface area contributed by atoms with E-state index in [2.05, 4.69) is 44.3 Å². The third-order valence-electron chi connectivity index (χ3n) is 3.62. The van der Waals surface area contributed by atoms with E-state index in [1.165, 1.54) is 11.1 Å². The van der Waals surface area contributed by atoms with E-state index in [4.69, 9.17) is 4.74 Å². The van der Waals surface area contributed by atoms with Crippen molar-refractivity contribution >= 4 is 0 Å². The predicted molar refractivity (Wildman–Crippen MR) is 71.8 cm³/mol. The van der Waals surface area contributed by atoms with Crippen LogP contribution in [0.2, 0.25) is 0 Å². The number of benzene rings is 1. The Morgan fingerprint density at radius 3 is 2.94 bits per heavy atom. The smallest absolute Gasteiger partial charge is 0.126 e. The molecule has 1 aliphatic heterocycles. The second kappa shape index (κ2) is 5.09. The second-order valence-electron chi connectivity index (χ2n) is 5.38. The standard InChI is InChI=1S/C15H23NO/c1-4-16-10-9-15(2,3)13-7-5-6-12-8-11-17-14(12)13/h5-7,16H,4,8-11H2,1-3H3. The molecule has 0 saturated carbocycles. The maximum absolute atomic E-state index is 5.80. The fourth-order valence-electron chi connectivity index (χ4n) is 2.46. The molecular formula is C15H23NO. The molecule has 1 aromatic rings. The molecule has 0 saturated heterocycles. The first-order valence-electron chi connectivity index (χ1n) is 6.61. The van der Waals surface area contributed by atoms with Gasteiger partial charge in [0, 0.05) is 12.0 Å². The fourth-order valence-corrected chi connectivity index (χ4v) is 2.46. The number of para-hydroxylation sites is 1. The number of fused-ring (bicyclic) bond motifs is 1. The zero-order valence-electron chi connectivity index (χ0n) is 11.2. The molecule has 2 nitrogen and oxygen atoms in total. The van der Waals surface area contributed by atoms with Gasteiger partial charge in [0.15, 0.2) is 0 Å². The van der Waals surface area contributed by atoms with Gasteiger partial charge in [0.2, 0.25) is 0 Å². The summed E-state index contributed by atoms with van der Waals surface area (Å²) in [7, 11) is 0. The van der Waals surface area contributed by atoms with Crippen LogP contribution < -0.4 is 10.1 Å². The van der Waals surface area contributed by atoms with Crippen LogP contribution in [-0.2, 0) is 11.8 Å². The van der Waals surface area contributed by atoms with E-state index in [1.807, 2.05) is 0 Å². The van der Waals surface area contributed by atoms with Gasteiger partial charge in [-0.05, 0) is 30.5 Å². The molecule has 2 heteroatoms. The van der Waals surface area contributed by atoms with Crippen molar-refractivity contribution in [1.29, 1.82) is 0 Å². The lowest BCUT2D eigenvalue weighted by Gasteiger charge is -2.27. The van der Waals surface area contributed by atoms with Gasteiger partial charge >= 0.3 is 0 Å². The van der Waals surface area contributed by atoms with Crippen molar-refractivity contribution in [2.45, 2.75) is 39.0 Å². The van der Waals surface area contributed by atoms with Crippen molar-refractivity contribution < 1.29 is 4.74 Å². The third kappa shape index (κ3) is 2.63. The highest BCUT2D eigenvalue weighted by Crippen LogP contribution is 2.38. The largest absolute Gasteiger partial charge is 0.493 e. The average Bonchev–Trinajstić information content (AvgIpc) is 2.76. The number of rotatable bonds is 5. The number of hydrogen-bond donors (Lipinski definition) is 1. The molecule has 1 aliphatic rings. The molecule has 1 heterocycles. The lowest BCUT2D eigenvalue weighted by Crippen LogP contribution is -2.25. The summed E-state index contributed by atoms with van der Waals surface area (Å²) in [4.78, 5) is 0. The van der Waals surface area contributed by atoms with Crippen LogP contribution in [0.1, 0.15) is 38.3 Å². The Morgan fingerprint density at radius 2 is 2.18 bits per heavy atom. The SMILES string of the molecule is CCNCCC(C)(C)c1cccc2c1OCC2. The molecule has 0 aromatic heterocycles. The molecule has 0 unspecified atom stereocenters. The van der Waals surface area contributed by atoms with E-state index in [9.17, 15) is 0 Å². The molecule has 1 aromatic carbocycles. The summed E-state index contributed by atoms with van der Waals surface area (Å²) in [5.41, 5.74) is 2.92. The van der Waals surface area contributed by atoms with Gasteiger partial charge in [-0.3, -0.25) is 0 Å². The van der Waals surface area contributed by atoms with Crippen molar-refractivity contribution in [1.82, 2.24) is 5.32 Å². The molecule has 0 aliphatic carbocycles. The van der Waals surface area contributed by atoms with E-state index >= 15 is 0 Å². The topological polar surface area (TPSA) is 21.3 Å². The molecule has 2 rings (SSSR count). The predicted octanol–water partition coefficient (Wildman–Crippen LogP) is 2.90. The van der Waals surface area contributed by atoms with Gasteiger partial charge in [0.25, 0.3) is 0 Å². The van der Waals surface area contributed by atoms with Crippen molar-refractivity contribution in [2.24, 2.45) is 0 Å². The van der Waals surface area contributed by atoms with E-state index in [-0.39, 0.29) is 5.41 Å². The molecule has 94 valence electrons. The Bertz CT molecular complexity index is 385. The van der Waals surface area contributed by atoms with Crippen LogP contribution in [0.3, 0.4) is 0 Å². The van der Waals surface area contributed by atoms with Gasteiger partial charge < -0.3 is 10.1 Å². The highest BCUT2D eigenvalue weighted by Gasteiger charge is 2.27. The normalized spacial score (nSPS) is 14.5. The highest BCUT2D eigenvalue weighted by atomic mass is 16.5. The van der Waals surface area contributed by atoms with E-state index < -0.39 is 0 Å². The highest BCUT2D eigenvalue weighted by molar-refractivity contribution is 5.47. The Labute approximate surface area is 104 Å². The molecular weight excluding hydrogens is 210 g/mol. The molecule has 17 heavy (non-hydrogen) atoms. The lowest BCUT2D eigenvalue weighted by molar-refractivity contribution is 0.341. The van der Waals surface area contributed by atoms with Gasteiger partial charge in [-0.1, -0.05) is 39.0 Å². The van der Waals surface area contributed by atoms with Gasteiger partial charge in [-0.2, -0.15) is 0 Å². The summed E-state index contributed by atoms with van der Waals surface area (Å²) < 4.78 is 5.80. The first-order chi connectivity index (χ1) is 8.15.